The molecule has 1 aromatic carbocycles. The number of nitrogens with two attached hydrogens (primary N) is 1. The summed E-state index contributed by atoms with van der Waals surface area (Å²) in [5.74, 6) is 5.33. The second-order valence-corrected chi connectivity index (χ2v) is 2.95. The van der Waals surface area contributed by atoms with Crippen LogP contribution >= 0.6 is 0 Å². The van der Waals surface area contributed by atoms with Crippen molar-refractivity contribution in [3.63, 3.8) is 0 Å². The summed E-state index contributed by atoms with van der Waals surface area (Å²) >= 11 is 0. The molecule has 3 N–H and O–H groups in total. The molecule has 0 aliphatic heterocycles. The number of hydrazine groups is 1. The number of benzene rings is 1. The molecule has 0 saturated carbocycles. The van der Waals surface area contributed by atoms with Crippen LogP contribution in [0.3, 0.4) is 0 Å². The molecule has 14 heavy (non-hydrogen) atoms. The average molecular weight is 195 g/mol. The maximum Gasteiger partial charge on any atom is 0.145 e. The molecule has 3 nitrogen and oxygen atoms in total. The molecule has 0 aliphatic rings. The van der Waals surface area contributed by atoms with Gasteiger partial charge in [-0.3, -0.25) is 4.99 Å². The minimum atomic E-state index is -0.319. The summed E-state index contributed by atoms with van der Waals surface area (Å²) in [6.45, 7) is 4.32. The predicted octanol–water partition coefficient (Wildman–Crippen LogP) is 1.36. The highest BCUT2D eigenvalue weighted by molar-refractivity contribution is 5.98. The molecule has 0 fully saturated rings. The van der Waals surface area contributed by atoms with Crippen molar-refractivity contribution >= 4 is 5.84 Å². The van der Waals surface area contributed by atoms with Gasteiger partial charge in [0.15, 0.2) is 0 Å². The van der Waals surface area contributed by atoms with Crippen molar-refractivity contribution in [3.8, 4) is 0 Å². The molecular formula is C10H14FN3. The standard InChI is InChI=1S/C10H14FN3/c1-3-13-10(14-12)8-6-7(2)4-5-9(8)11/h4-6H,3,12H2,1-2H3,(H,13,14). The van der Waals surface area contributed by atoms with Crippen LogP contribution < -0.4 is 11.3 Å². The third-order valence-corrected chi connectivity index (χ3v) is 1.83. The summed E-state index contributed by atoms with van der Waals surface area (Å²) in [7, 11) is 0. The lowest BCUT2D eigenvalue weighted by Gasteiger charge is -2.07. The summed E-state index contributed by atoms with van der Waals surface area (Å²) in [5, 5.41) is 0. The fraction of sp³-hybridized carbons (Fsp3) is 0.300. The van der Waals surface area contributed by atoms with E-state index >= 15 is 0 Å². The normalized spacial score (nSPS) is 11.6. The van der Waals surface area contributed by atoms with Crippen molar-refractivity contribution in [3.05, 3.63) is 35.1 Å². The Morgan fingerprint density at radius 1 is 1.57 bits per heavy atom. The fourth-order valence-electron chi connectivity index (χ4n) is 1.19. The highest BCUT2D eigenvalue weighted by Crippen LogP contribution is 2.10. The van der Waals surface area contributed by atoms with Crippen LogP contribution in [0, 0.1) is 12.7 Å². The van der Waals surface area contributed by atoms with Gasteiger partial charge in [-0.2, -0.15) is 0 Å². The van der Waals surface area contributed by atoms with Crippen molar-refractivity contribution in [2.24, 2.45) is 10.8 Å². The lowest BCUT2D eigenvalue weighted by atomic mass is 10.1. The highest BCUT2D eigenvalue weighted by Gasteiger charge is 2.07. The molecule has 0 atom stereocenters. The zero-order valence-corrected chi connectivity index (χ0v) is 8.34. The number of aryl methyl sites for hydroxylation is 1. The monoisotopic (exact) mass is 195 g/mol. The number of rotatable bonds is 2. The first-order valence-electron chi connectivity index (χ1n) is 4.46. The first kappa shape index (κ1) is 10.7. The quantitative estimate of drug-likeness (QED) is 0.324. The molecule has 0 aliphatic carbocycles. The number of hydrogen-bond donors (Lipinski definition) is 2. The minimum absolute atomic E-state index is 0.319. The molecule has 0 bridgehead atoms. The summed E-state index contributed by atoms with van der Waals surface area (Å²) in [5.41, 5.74) is 3.78. The lowest BCUT2D eigenvalue weighted by Crippen LogP contribution is -2.32. The van der Waals surface area contributed by atoms with E-state index in [9.17, 15) is 4.39 Å². The van der Waals surface area contributed by atoms with E-state index in [1.807, 2.05) is 13.8 Å². The van der Waals surface area contributed by atoms with E-state index in [0.29, 0.717) is 17.9 Å². The van der Waals surface area contributed by atoms with E-state index in [0.717, 1.165) is 5.56 Å². The zero-order chi connectivity index (χ0) is 10.6. The van der Waals surface area contributed by atoms with Crippen LogP contribution in [0.1, 0.15) is 18.1 Å². The van der Waals surface area contributed by atoms with Crippen LogP contribution in [0.2, 0.25) is 0 Å². The average Bonchev–Trinajstić information content (AvgIpc) is 2.18. The number of amidine groups is 1. The maximum atomic E-state index is 13.4. The summed E-state index contributed by atoms with van der Waals surface area (Å²) in [4.78, 5) is 4.06. The lowest BCUT2D eigenvalue weighted by molar-refractivity contribution is 0.623. The molecule has 76 valence electrons. The van der Waals surface area contributed by atoms with Crippen molar-refractivity contribution in [1.82, 2.24) is 5.43 Å². The van der Waals surface area contributed by atoms with Gasteiger partial charge in [0.2, 0.25) is 0 Å². The number of hydrogen-bond acceptors (Lipinski definition) is 2. The van der Waals surface area contributed by atoms with Crippen LogP contribution in [0.5, 0.6) is 0 Å². The first-order valence-corrected chi connectivity index (χ1v) is 4.46. The topological polar surface area (TPSA) is 50.4 Å². The van der Waals surface area contributed by atoms with Crippen molar-refractivity contribution in [2.45, 2.75) is 13.8 Å². The Morgan fingerprint density at radius 2 is 2.29 bits per heavy atom. The number of halogens is 1. The fourth-order valence-corrected chi connectivity index (χ4v) is 1.19. The van der Waals surface area contributed by atoms with Crippen LogP contribution in [-0.4, -0.2) is 12.4 Å². The molecule has 0 radical (unpaired) electrons. The van der Waals surface area contributed by atoms with E-state index in [4.69, 9.17) is 5.84 Å². The second kappa shape index (κ2) is 4.72. The molecular weight excluding hydrogens is 181 g/mol. The largest absolute Gasteiger partial charge is 0.308 e. The maximum absolute atomic E-state index is 13.4. The van der Waals surface area contributed by atoms with Crippen LogP contribution in [0.15, 0.2) is 23.2 Å². The van der Waals surface area contributed by atoms with Gasteiger partial charge in [0.25, 0.3) is 0 Å². The highest BCUT2D eigenvalue weighted by atomic mass is 19.1. The van der Waals surface area contributed by atoms with E-state index in [1.165, 1.54) is 6.07 Å². The van der Waals surface area contributed by atoms with Gasteiger partial charge in [0.1, 0.15) is 11.7 Å². The van der Waals surface area contributed by atoms with E-state index in [1.54, 1.807) is 12.1 Å². The van der Waals surface area contributed by atoms with Crippen LogP contribution in [0.25, 0.3) is 0 Å². The Kier molecular flexibility index (Phi) is 3.59. The van der Waals surface area contributed by atoms with Crippen LogP contribution in [0.4, 0.5) is 4.39 Å². The molecule has 1 rings (SSSR count). The number of aliphatic imine (C=N–C) groups is 1. The molecule has 0 aromatic heterocycles. The predicted molar refractivity (Wildman–Crippen MR) is 55.5 cm³/mol. The summed E-state index contributed by atoms with van der Waals surface area (Å²) in [6, 6.07) is 4.83. The van der Waals surface area contributed by atoms with E-state index < -0.39 is 0 Å². The SMILES string of the molecule is CCN=C(NN)c1cc(C)ccc1F. The van der Waals surface area contributed by atoms with Gasteiger partial charge in [-0.25, -0.2) is 10.2 Å². The number of nitrogens with zero attached hydrogens (tertiary/aromatic N) is 1. The Bertz CT molecular complexity index is 347. The van der Waals surface area contributed by atoms with Gasteiger partial charge < -0.3 is 5.43 Å². The molecule has 0 unspecified atom stereocenters. The minimum Gasteiger partial charge on any atom is -0.308 e. The molecule has 0 heterocycles. The molecule has 0 amide bonds. The molecule has 1 aromatic rings. The Labute approximate surface area is 82.8 Å². The summed E-state index contributed by atoms with van der Waals surface area (Å²) in [6.07, 6.45) is 0. The van der Waals surface area contributed by atoms with Gasteiger partial charge in [0, 0.05) is 6.54 Å². The molecule has 4 heteroatoms. The smallest absolute Gasteiger partial charge is 0.145 e. The van der Waals surface area contributed by atoms with Gasteiger partial charge in [-0.15, -0.1) is 0 Å². The van der Waals surface area contributed by atoms with E-state index in [2.05, 4.69) is 10.4 Å². The van der Waals surface area contributed by atoms with Gasteiger partial charge in [0.05, 0.1) is 5.56 Å². The summed E-state index contributed by atoms with van der Waals surface area (Å²) < 4.78 is 13.4. The van der Waals surface area contributed by atoms with Crippen molar-refractivity contribution in [1.29, 1.82) is 0 Å². The van der Waals surface area contributed by atoms with Crippen LogP contribution in [-0.2, 0) is 0 Å². The Hall–Kier alpha value is -1.42. The van der Waals surface area contributed by atoms with Crippen molar-refractivity contribution in [2.75, 3.05) is 6.54 Å². The second-order valence-electron chi connectivity index (χ2n) is 2.95. The molecule has 0 saturated heterocycles. The van der Waals surface area contributed by atoms with E-state index in [-0.39, 0.29) is 5.82 Å². The van der Waals surface area contributed by atoms with Gasteiger partial charge in [-0.05, 0) is 26.0 Å². The Morgan fingerprint density at radius 3 is 2.86 bits per heavy atom. The zero-order valence-electron chi connectivity index (χ0n) is 8.34. The van der Waals surface area contributed by atoms with Crippen molar-refractivity contribution < 1.29 is 4.39 Å². The third-order valence-electron chi connectivity index (χ3n) is 1.83. The first-order chi connectivity index (χ1) is 6.69. The Balaban J connectivity index is 3.15. The molecule has 0 spiro atoms. The third kappa shape index (κ3) is 2.29. The van der Waals surface area contributed by atoms with Gasteiger partial charge >= 0.3 is 0 Å². The number of nitrogens with one attached hydrogen (secondary N) is 1. The van der Waals surface area contributed by atoms with Gasteiger partial charge in [-0.1, -0.05) is 11.6 Å².